The van der Waals surface area contributed by atoms with Crippen LogP contribution in [0.1, 0.15) is 18.2 Å². The Morgan fingerprint density at radius 2 is 1.90 bits per heavy atom. The molecule has 1 aromatic heterocycles. The third-order valence-corrected chi connectivity index (χ3v) is 3.32. The zero-order valence-electron chi connectivity index (χ0n) is 12.2. The first-order valence-electron chi connectivity index (χ1n) is 7.08. The predicted octanol–water partition coefficient (Wildman–Crippen LogP) is 2.85. The molecule has 0 aliphatic heterocycles. The Bertz CT molecular complexity index is 496. The van der Waals surface area contributed by atoms with Crippen molar-refractivity contribution >= 4 is 0 Å². The van der Waals surface area contributed by atoms with E-state index in [9.17, 15) is 0 Å². The van der Waals surface area contributed by atoms with Gasteiger partial charge in [0.1, 0.15) is 5.75 Å². The van der Waals surface area contributed by atoms with Gasteiger partial charge in [-0.1, -0.05) is 25.1 Å². The summed E-state index contributed by atoms with van der Waals surface area (Å²) >= 11 is 0. The second kappa shape index (κ2) is 7.65. The maximum atomic E-state index is 5.19. The predicted molar refractivity (Wildman–Crippen MR) is 82.1 cm³/mol. The Balaban J connectivity index is 2.00. The van der Waals surface area contributed by atoms with Crippen molar-refractivity contribution in [2.75, 3.05) is 13.7 Å². The van der Waals surface area contributed by atoms with E-state index in [4.69, 9.17) is 4.74 Å². The summed E-state index contributed by atoms with van der Waals surface area (Å²) in [6, 6.07) is 14.8. The standard InChI is InChI=1S/C17H22N2O/c1-3-18-16(13-15-6-4-5-11-19-15)12-14-7-9-17(20-2)10-8-14/h4-11,16,18H,3,12-13H2,1-2H3. The SMILES string of the molecule is CCNC(Cc1ccc(OC)cc1)Cc1ccccn1. The molecule has 1 heterocycles. The summed E-state index contributed by atoms with van der Waals surface area (Å²) in [5.74, 6) is 0.901. The van der Waals surface area contributed by atoms with Crippen LogP contribution in [0.5, 0.6) is 5.75 Å². The summed E-state index contributed by atoms with van der Waals surface area (Å²) < 4.78 is 5.19. The molecule has 106 valence electrons. The largest absolute Gasteiger partial charge is 0.497 e. The molecular formula is C17H22N2O. The van der Waals surface area contributed by atoms with E-state index in [2.05, 4.69) is 35.4 Å². The number of aromatic nitrogens is 1. The van der Waals surface area contributed by atoms with Crippen LogP contribution in [0, 0.1) is 0 Å². The van der Waals surface area contributed by atoms with Gasteiger partial charge in [-0.05, 0) is 42.8 Å². The van der Waals surface area contributed by atoms with E-state index in [1.165, 1.54) is 5.56 Å². The van der Waals surface area contributed by atoms with Crippen LogP contribution in [-0.4, -0.2) is 24.7 Å². The van der Waals surface area contributed by atoms with Gasteiger partial charge in [0, 0.05) is 24.4 Å². The first-order valence-corrected chi connectivity index (χ1v) is 7.08. The lowest BCUT2D eigenvalue weighted by atomic mass is 10.0. The lowest BCUT2D eigenvalue weighted by molar-refractivity contribution is 0.414. The Kier molecular flexibility index (Phi) is 5.56. The number of hydrogen-bond donors (Lipinski definition) is 1. The van der Waals surface area contributed by atoms with Gasteiger partial charge in [0.2, 0.25) is 0 Å². The molecule has 0 amide bonds. The van der Waals surface area contributed by atoms with Gasteiger partial charge in [0.05, 0.1) is 7.11 Å². The second-order valence-electron chi connectivity index (χ2n) is 4.83. The summed E-state index contributed by atoms with van der Waals surface area (Å²) in [6.45, 7) is 3.10. The fourth-order valence-electron chi connectivity index (χ4n) is 2.32. The first kappa shape index (κ1) is 14.5. The van der Waals surface area contributed by atoms with Crippen LogP contribution in [-0.2, 0) is 12.8 Å². The number of likely N-dealkylation sites (N-methyl/N-ethyl adjacent to an activating group) is 1. The molecule has 0 radical (unpaired) electrons. The van der Waals surface area contributed by atoms with Crippen molar-refractivity contribution in [2.24, 2.45) is 0 Å². The Morgan fingerprint density at radius 3 is 2.50 bits per heavy atom. The van der Waals surface area contributed by atoms with Crippen LogP contribution in [0.15, 0.2) is 48.7 Å². The molecule has 0 aliphatic rings. The Hall–Kier alpha value is -1.87. The van der Waals surface area contributed by atoms with E-state index in [1.807, 2.05) is 30.5 Å². The Labute approximate surface area is 121 Å². The highest BCUT2D eigenvalue weighted by atomic mass is 16.5. The lowest BCUT2D eigenvalue weighted by Gasteiger charge is -2.17. The Morgan fingerprint density at radius 1 is 1.10 bits per heavy atom. The molecule has 0 saturated heterocycles. The van der Waals surface area contributed by atoms with Gasteiger partial charge < -0.3 is 10.1 Å². The quantitative estimate of drug-likeness (QED) is 0.840. The number of methoxy groups -OCH3 is 1. The highest BCUT2D eigenvalue weighted by Gasteiger charge is 2.10. The van der Waals surface area contributed by atoms with Gasteiger partial charge >= 0.3 is 0 Å². The number of nitrogens with one attached hydrogen (secondary N) is 1. The maximum absolute atomic E-state index is 5.19. The minimum Gasteiger partial charge on any atom is -0.497 e. The summed E-state index contributed by atoms with van der Waals surface area (Å²) in [5.41, 5.74) is 2.44. The molecule has 0 aliphatic carbocycles. The highest BCUT2D eigenvalue weighted by molar-refractivity contribution is 5.27. The highest BCUT2D eigenvalue weighted by Crippen LogP contribution is 2.14. The molecule has 3 heteroatoms. The number of rotatable bonds is 7. The molecule has 2 aromatic rings. The third-order valence-electron chi connectivity index (χ3n) is 3.32. The van der Waals surface area contributed by atoms with Crippen LogP contribution in [0.4, 0.5) is 0 Å². The minimum absolute atomic E-state index is 0.406. The van der Waals surface area contributed by atoms with Gasteiger partial charge in [-0.25, -0.2) is 0 Å². The van der Waals surface area contributed by atoms with E-state index in [-0.39, 0.29) is 0 Å². The van der Waals surface area contributed by atoms with Crippen molar-refractivity contribution in [3.63, 3.8) is 0 Å². The van der Waals surface area contributed by atoms with Gasteiger partial charge in [-0.2, -0.15) is 0 Å². The fourth-order valence-corrected chi connectivity index (χ4v) is 2.32. The van der Waals surface area contributed by atoms with Crippen LogP contribution >= 0.6 is 0 Å². The van der Waals surface area contributed by atoms with Crippen molar-refractivity contribution in [1.29, 1.82) is 0 Å². The number of pyridine rings is 1. The topological polar surface area (TPSA) is 34.1 Å². The van der Waals surface area contributed by atoms with Gasteiger partial charge in [0.25, 0.3) is 0 Å². The van der Waals surface area contributed by atoms with Crippen LogP contribution in [0.2, 0.25) is 0 Å². The number of ether oxygens (including phenoxy) is 1. The lowest BCUT2D eigenvalue weighted by Crippen LogP contribution is -2.33. The van der Waals surface area contributed by atoms with Crippen molar-refractivity contribution in [3.05, 3.63) is 59.9 Å². The molecular weight excluding hydrogens is 248 g/mol. The van der Waals surface area contributed by atoms with Crippen molar-refractivity contribution in [1.82, 2.24) is 10.3 Å². The number of nitrogens with zero attached hydrogens (tertiary/aromatic N) is 1. The fraction of sp³-hybridized carbons (Fsp3) is 0.353. The van der Waals surface area contributed by atoms with Crippen molar-refractivity contribution in [2.45, 2.75) is 25.8 Å². The van der Waals surface area contributed by atoms with E-state index < -0.39 is 0 Å². The van der Waals surface area contributed by atoms with Crippen LogP contribution in [0.25, 0.3) is 0 Å². The summed E-state index contributed by atoms with van der Waals surface area (Å²) in [5, 5.41) is 3.54. The molecule has 1 unspecified atom stereocenters. The second-order valence-corrected chi connectivity index (χ2v) is 4.83. The van der Waals surface area contributed by atoms with Gasteiger partial charge in [0.15, 0.2) is 0 Å². The van der Waals surface area contributed by atoms with Gasteiger partial charge in [-0.15, -0.1) is 0 Å². The molecule has 20 heavy (non-hydrogen) atoms. The summed E-state index contributed by atoms with van der Waals surface area (Å²) in [4.78, 5) is 4.41. The van der Waals surface area contributed by atoms with E-state index >= 15 is 0 Å². The molecule has 0 saturated carbocycles. The molecule has 2 rings (SSSR count). The molecule has 1 aromatic carbocycles. The smallest absolute Gasteiger partial charge is 0.118 e. The zero-order valence-corrected chi connectivity index (χ0v) is 12.2. The molecule has 0 spiro atoms. The van der Waals surface area contributed by atoms with Crippen LogP contribution in [0.3, 0.4) is 0 Å². The minimum atomic E-state index is 0.406. The summed E-state index contributed by atoms with van der Waals surface area (Å²) in [6.07, 6.45) is 3.79. The van der Waals surface area contributed by atoms with Gasteiger partial charge in [-0.3, -0.25) is 4.98 Å². The number of hydrogen-bond acceptors (Lipinski definition) is 3. The monoisotopic (exact) mass is 270 g/mol. The van der Waals surface area contributed by atoms with E-state index in [0.717, 1.165) is 30.8 Å². The van der Waals surface area contributed by atoms with Crippen molar-refractivity contribution in [3.8, 4) is 5.75 Å². The maximum Gasteiger partial charge on any atom is 0.118 e. The van der Waals surface area contributed by atoms with Crippen molar-refractivity contribution < 1.29 is 4.74 Å². The number of benzene rings is 1. The molecule has 0 bridgehead atoms. The average Bonchev–Trinajstić information content (AvgIpc) is 2.49. The van der Waals surface area contributed by atoms with Crippen LogP contribution < -0.4 is 10.1 Å². The molecule has 1 atom stereocenters. The van der Waals surface area contributed by atoms with E-state index in [1.54, 1.807) is 7.11 Å². The zero-order chi connectivity index (χ0) is 14.2. The molecule has 1 N–H and O–H groups in total. The van der Waals surface area contributed by atoms with E-state index in [0.29, 0.717) is 6.04 Å². The first-order chi connectivity index (χ1) is 9.81. The third kappa shape index (κ3) is 4.35. The summed E-state index contributed by atoms with van der Waals surface area (Å²) in [7, 11) is 1.69. The molecule has 0 fully saturated rings. The normalized spacial score (nSPS) is 12.1. The molecule has 3 nitrogen and oxygen atoms in total. The average molecular weight is 270 g/mol.